The molecule has 4 fully saturated rings. The van der Waals surface area contributed by atoms with Gasteiger partial charge in [-0.15, -0.1) is 0 Å². The largest absolute Gasteiger partial charge is 0.373 e. The molecule has 126 valence electrons. The van der Waals surface area contributed by atoms with Crippen molar-refractivity contribution in [1.82, 2.24) is 10.5 Å². The van der Waals surface area contributed by atoms with Gasteiger partial charge in [0, 0.05) is 30.0 Å². The van der Waals surface area contributed by atoms with Crippen LogP contribution in [0.25, 0.3) is 0 Å². The molecular formula is C19H28N2O2. The van der Waals surface area contributed by atoms with E-state index in [1.165, 1.54) is 69.0 Å². The van der Waals surface area contributed by atoms with Crippen LogP contribution in [0.3, 0.4) is 0 Å². The Bertz CT molecular complexity index is 560. The highest BCUT2D eigenvalue weighted by Crippen LogP contribution is 2.45. The average molecular weight is 316 g/mol. The van der Waals surface area contributed by atoms with Crippen LogP contribution < -0.4 is 5.32 Å². The highest BCUT2D eigenvalue weighted by atomic mass is 16.5. The molecule has 0 spiro atoms. The maximum absolute atomic E-state index is 6.39. The first-order valence-electron chi connectivity index (χ1n) is 9.72. The summed E-state index contributed by atoms with van der Waals surface area (Å²) in [6, 6.07) is 0.702. The van der Waals surface area contributed by atoms with Crippen molar-refractivity contribution in [3.8, 4) is 0 Å². The fourth-order valence-corrected chi connectivity index (χ4v) is 5.02. The Morgan fingerprint density at radius 2 is 1.91 bits per heavy atom. The summed E-state index contributed by atoms with van der Waals surface area (Å²) >= 11 is 0. The van der Waals surface area contributed by atoms with E-state index >= 15 is 0 Å². The minimum atomic E-state index is 0.447. The molecule has 4 nitrogen and oxygen atoms in total. The summed E-state index contributed by atoms with van der Waals surface area (Å²) in [7, 11) is 0. The lowest BCUT2D eigenvalue weighted by Crippen LogP contribution is -2.34. The summed E-state index contributed by atoms with van der Waals surface area (Å²) in [5, 5.41) is 8.10. The van der Waals surface area contributed by atoms with E-state index in [0.29, 0.717) is 24.0 Å². The SMILES string of the molecule is C1CCC(c2noc(C3CC3)c2CO[C@@H]2C[C@@H]3C[C@H]2CN3)CC1. The number of ether oxygens (including phenoxy) is 1. The van der Waals surface area contributed by atoms with Crippen molar-refractivity contribution >= 4 is 0 Å². The molecule has 0 amide bonds. The molecule has 3 aliphatic carbocycles. The van der Waals surface area contributed by atoms with E-state index in [1.807, 2.05) is 0 Å². The van der Waals surface area contributed by atoms with Crippen molar-refractivity contribution in [2.75, 3.05) is 6.54 Å². The Morgan fingerprint density at radius 1 is 1.04 bits per heavy atom. The van der Waals surface area contributed by atoms with Crippen molar-refractivity contribution in [3.63, 3.8) is 0 Å². The third-order valence-electron chi connectivity index (χ3n) is 6.53. The smallest absolute Gasteiger partial charge is 0.145 e. The molecule has 4 aliphatic rings. The van der Waals surface area contributed by atoms with Gasteiger partial charge in [-0.05, 0) is 44.4 Å². The Labute approximate surface area is 138 Å². The van der Waals surface area contributed by atoms with Gasteiger partial charge in [0.25, 0.3) is 0 Å². The predicted octanol–water partition coefficient (Wildman–Crippen LogP) is 3.87. The van der Waals surface area contributed by atoms with Crippen LogP contribution >= 0.6 is 0 Å². The molecule has 0 radical (unpaired) electrons. The maximum atomic E-state index is 6.39. The number of nitrogens with zero attached hydrogens (tertiary/aromatic N) is 1. The summed E-state index contributed by atoms with van der Waals surface area (Å²) in [5.41, 5.74) is 2.57. The topological polar surface area (TPSA) is 47.3 Å². The van der Waals surface area contributed by atoms with Crippen LogP contribution in [0, 0.1) is 5.92 Å². The number of piperidine rings is 1. The van der Waals surface area contributed by atoms with Gasteiger partial charge in [-0.3, -0.25) is 0 Å². The second-order valence-corrected chi connectivity index (χ2v) is 8.21. The number of fused-ring (bicyclic) bond motifs is 2. The molecule has 1 aromatic rings. The Kier molecular flexibility index (Phi) is 3.71. The van der Waals surface area contributed by atoms with E-state index in [0.717, 1.165) is 24.8 Å². The molecule has 3 atom stereocenters. The Balaban J connectivity index is 1.33. The van der Waals surface area contributed by atoms with Gasteiger partial charge in [0.15, 0.2) is 0 Å². The standard InChI is InChI=1S/C19H28N2O2/c1-2-4-12(5-3-1)18-16(19(23-21-18)13-6-7-13)11-22-17-9-15-8-14(17)10-20-15/h12-15,17,20H,1-11H2/t14-,15-,17+/m0/s1. The van der Waals surface area contributed by atoms with Gasteiger partial charge >= 0.3 is 0 Å². The van der Waals surface area contributed by atoms with Crippen LogP contribution in [-0.2, 0) is 11.3 Å². The fraction of sp³-hybridized carbons (Fsp3) is 0.842. The van der Waals surface area contributed by atoms with E-state index in [4.69, 9.17) is 9.26 Å². The van der Waals surface area contributed by atoms with Crippen LogP contribution in [0.1, 0.15) is 86.6 Å². The first-order chi connectivity index (χ1) is 11.4. The second-order valence-electron chi connectivity index (χ2n) is 8.21. The van der Waals surface area contributed by atoms with Crippen molar-refractivity contribution in [1.29, 1.82) is 0 Å². The first-order valence-corrected chi connectivity index (χ1v) is 9.72. The highest BCUT2D eigenvalue weighted by Gasteiger charge is 2.41. The summed E-state index contributed by atoms with van der Waals surface area (Å²) in [4.78, 5) is 0. The van der Waals surface area contributed by atoms with Crippen LogP contribution in [0.5, 0.6) is 0 Å². The van der Waals surface area contributed by atoms with Gasteiger partial charge in [0.05, 0.1) is 18.4 Å². The van der Waals surface area contributed by atoms with Crippen LogP contribution in [0.2, 0.25) is 0 Å². The quantitative estimate of drug-likeness (QED) is 0.896. The predicted molar refractivity (Wildman–Crippen MR) is 87.4 cm³/mol. The van der Waals surface area contributed by atoms with Crippen LogP contribution in [0.4, 0.5) is 0 Å². The summed E-state index contributed by atoms with van der Waals surface area (Å²) in [6.07, 6.45) is 12.1. The molecule has 0 unspecified atom stereocenters. The molecule has 2 heterocycles. The van der Waals surface area contributed by atoms with Gasteiger partial charge in [-0.2, -0.15) is 0 Å². The third-order valence-corrected chi connectivity index (χ3v) is 6.53. The number of hydrogen-bond donors (Lipinski definition) is 1. The molecule has 1 saturated heterocycles. The zero-order valence-corrected chi connectivity index (χ0v) is 13.9. The highest BCUT2D eigenvalue weighted by molar-refractivity contribution is 5.30. The molecule has 1 aliphatic heterocycles. The summed E-state index contributed by atoms with van der Waals surface area (Å²) < 4.78 is 12.2. The van der Waals surface area contributed by atoms with Gasteiger partial charge in [0.2, 0.25) is 0 Å². The molecular weight excluding hydrogens is 288 g/mol. The van der Waals surface area contributed by atoms with E-state index in [-0.39, 0.29) is 0 Å². The molecule has 5 rings (SSSR count). The van der Waals surface area contributed by atoms with Crippen LogP contribution in [0.15, 0.2) is 4.52 Å². The normalized spacial score (nSPS) is 34.3. The third kappa shape index (κ3) is 2.74. The zero-order valence-electron chi connectivity index (χ0n) is 13.9. The summed E-state index contributed by atoms with van der Waals surface area (Å²) in [5.74, 6) is 3.12. The molecule has 23 heavy (non-hydrogen) atoms. The van der Waals surface area contributed by atoms with Gasteiger partial charge in [-0.25, -0.2) is 0 Å². The van der Waals surface area contributed by atoms with E-state index in [9.17, 15) is 0 Å². The molecule has 1 N–H and O–H groups in total. The van der Waals surface area contributed by atoms with Crippen molar-refractivity contribution < 1.29 is 9.26 Å². The number of hydrogen-bond acceptors (Lipinski definition) is 4. The average Bonchev–Trinajstić information content (AvgIpc) is 3.04. The van der Waals surface area contributed by atoms with Gasteiger partial charge in [-0.1, -0.05) is 24.4 Å². The van der Waals surface area contributed by atoms with Crippen molar-refractivity contribution in [2.24, 2.45) is 5.92 Å². The monoisotopic (exact) mass is 316 g/mol. The van der Waals surface area contributed by atoms with Crippen molar-refractivity contribution in [3.05, 3.63) is 17.0 Å². The van der Waals surface area contributed by atoms with Crippen molar-refractivity contribution in [2.45, 2.75) is 88.4 Å². The lowest BCUT2D eigenvalue weighted by atomic mass is 9.85. The van der Waals surface area contributed by atoms with Crippen LogP contribution in [-0.4, -0.2) is 23.8 Å². The molecule has 0 aromatic carbocycles. The molecule has 4 heteroatoms. The molecule has 1 aromatic heterocycles. The Morgan fingerprint density at radius 3 is 2.61 bits per heavy atom. The molecule has 3 saturated carbocycles. The van der Waals surface area contributed by atoms with E-state index < -0.39 is 0 Å². The minimum absolute atomic E-state index is 0.447. The van der Waals surface area contributed by atoms with E-state index in [1.54, 1.807) is 0 Å². The zero-order chi connectivity index (χ0) is 15.2. The minimum Gasteiger partial charge on any atom is -0.373 e. The number of nitrogens with one attached hydrogen (secondary N) is 1. The second kappa shape index (κ2) is 5.89. The maximum Gasteiger partial charge on any atom is 0.145 e. The van der Waals surface area contributed by atoms with Gasteiger partial charge < -0.3 is 14.6 Å². The van der Waals surface area contributed by atoms with Gasteiger partial charge in [0.1, 0.15) is 5.76 Å². The lowest BCUT2D eigenvalue weighted by molar-refractivity contribution is 0.00853. The lowest BCUT2D eigenvalue weighted by Gasteiger charge is -2.24. The van der Waals surface area contributed by atoms with E-state index in [2.05, 4.69) is 10.5 Å². The molecule has 2 bridgehead atoms. The fourth-order valence-electron chi connectivity index (χ4n) is 5.02. The summed E-state index contributed by atoms with van der Waals surface area (Å²) in [6.45, 7) is 1.87. The Hall–Kier alpha value is -0.870. The number of aromatic nitrogens is 1. The number of rotatable bonds is 5. The first kappa shape index (κ1) is 14.5.